The number of aromatic nitrogens is 2. The number of hydrogen-bond acceptors (Lipinski definition) is 5. The van der Waals surface area contributed by atoms with Gasteiger partial charge in [0.25, 0.3) is 0 Å². The molecule has 0 spiro atoms. The zero-order chi connectivity index (χ0) is 12.2. The van der Waals surface area contributed by atoms with E-state index in [1.807, 2.05) is 13.8 Å². The van der Waals surface area contributed by atoms with Gasteiger partial charge >= 0.3 is 6.18 Å². The van der Waals surface area contributed by atoms with Crippen LogP contribution in [0.1, 0.15) is 20.3 Å². The number of nitrogens with zero attached hydrogens (tertiary/aromatic N) is 2. The Morgan fingerprint density at radius 2 is 2.12 bits per heavy atom. The third-order valence-corrected chi connectivity index (χ3v) is 3.96. The van der Waals surface area contributed by atoms with Crippen LogP contribution in [0.5, 0.6) is 0 Å². The first-order valence-corrected chi connectivity index (χ1v) is 6.41. The Bertz CT molecular complexity index is 327. The first kappa shape index (κ1) is 13.6. The maximum Gasteiger partial charge on any atom is 0.405 e. The maximum atomic E-state index is 11.9. The summed E-state index contributed by atoms with van der Waals surface area (Å²) >= 11 is 2.67. The Morgan fingerprint density at radius 1 is 1.44 bits per heavy atom. The van der Waals surface area contributed by atoms with Gasteiger partial charge in [-0.1, -0.05) is 36.9 Å². The van der Waals surface area contributed by atoms with Gasteiger partial charge in [-0.25, -0.2) is 0 Å². The molecule has 0 radical (unpaired) electrons. The summed E-state index contributed by atoms with van der Waals surface area (Å²) < 4.78 is 36.4. The minimum absolute atomic E-state index is 0.211. The van der Waals surface area contributed by atoms with Gasteiger partial charge in [0, 0.05) is 5.25 Å². The van der Waals surface area contributed by atoms with Gasteiger partial charge in [-0.15, -0.1) is 10.2 Å². The number of halogens is 3. The lowest BCUT2D eigenvalue weighted by Gasteiger charge is -2.05. The predicted molar refractivity (Wildman–Crippen MR) is 60.1 cm³/mol. The summed E-state index contributed by atoms with van der Waals surface area (Å²) in [7, 11) is 0. The van der Waals surface area contributed by atoms with Gasteiger partial charge in [-0.3, -0.25) is 0 Å². The van der Waals surface area contributed by atoms with E-state index < -0.39 is 12.7 Å². The number of alkyl halides is 3. The molecule has 3 nitrogen and oxygen atoms in total. The summed E-state index contributed by atoms with van der Waals surface area (Å²) in [6, 6.07) is 0. The van der Waals surface area contributed by atoms with Gasteiger partial charge in [0.15, 0.2) is 4.34 Å². The van der Waals surface area contributed by atoms with Crippen LogP contribution in [0.15, 0.2) is 4.34 Å². The molecule has 0 aliphatic carbocycles. The molecule has 1 heterocycles. The molecule has 0 amide bonds. The van der Waals surface area contributed by atoms with E-state index >= 15 is 0 Å². The number of rotatable bonds is 5. The normalized spacial score (nSPS) is 13.8. The standard InChI is InChI=1S/C8H12F3N3S2/c1-3-5(2)15-7-14-13-6(16-7)12-4-8(9,10)11/h5H,3-4H2,1-2H3,(H,12,13). The van der Waals surface area contributed by atoms with Crippen molar-refractivity contribution in [2.45, 2.75) is 36.0 Å². The third kappa shape index (κ3) is 5.02. The molecule has 1 atom stereocenters. The van der Waals surface area contributed by atoms with Gasteiger partial charge in [-0.05, 0) is 6.42 Å². The van der Waals surface area contributed by atoms with E-state index in [0.717, 1.165) is 17.8 Å². The quantitative estimate of drug-likeness (QED) is 0.833. The fourth-order valence-corrected chi connectivity index (χ4v) is 2.75. The highest BCUT2D eigenvalue weighted by atomic mass is 32.2. The Kier molecular flexibility index (Phi) is 4.85. The first-order valence-electron chi connectivity index (χ1n) is 4.71. The number of thioether (sulfide) groups is 1. The predicted octanol–water partition coefficient (Wildman–Crippen LogP) is 3.40. The topological polar surface area (TPSA) is 37.8 Å². The lowest BCUT2D eigenvalue weighted by molar-refractivity contribution is -0.115. The van der Waals surface area contributed by atoms with Crippen molar-refractivity contribution in [2.75, 3.05) is 11.9 Å². The van der Waals surface area contributed by atoms with Crippen LogP contribution in [0.2, 0.25) is 0 Å². The summed E-state index contributed by atoms with van der Waals surface area (Å²) in [6.45, 7) is 3.01. The van der Waals surface area contributed by atoms with Crippen molar-refractivity contribution in [3.8, 4) is 0 Å². The molecule has 1 rings (SSSR count). The molecular weight excluding hydrogens is 259 g/mol. The van der Waals surface area contributed by atoms with Crippen molar-refractivity contribution in [1.82, 2.24) is 10.2 Å². The molecule has 0 aromatic carbocycles. The van der Waals surface area contributed by atoms with Crippen LogP contribution in [0, 0.1) is 0 Å². The molecule has 1 N–H and O–H groups in total. The SMILES string of the molecule is CCC(C)Sc1nnc(NCC(F)(F)F)s1. The molecule has 0 fully saturated rings. The maximum absolute atomic E-state index is 11.9. The lowest BCUT2D eigenvalue weighted by Crippen LogP contribution is -2.21. The van der Waals surface area contributed by atoms with Crippen molar-refractivity contribution >= 4 is 28.2 Å². The van der Waals surface area contributed by atoms with E-state index in [4.69, 9.17) is 0 Å². The molecule has 1 aromatic rings. The average Bonchev–Trinajstić information content (AvgIpc) is 2.61. The fourth-order valence-electron chi connectivity index (χ4n) is 0.760. The highest BCUT2D eigenvalue weighted by molar-refractivity contribution is 8.01. The second-order valence-electron chi connectivity index (χ2n) is 3.18. The van der Waals surface area contributed by atoms with Gasteiger partial charge in [-0.2, -0.15) is 13.2 Å². The van der Waals surface area contributed by atoms with Crippen molar-refractivity contribution in [3.05, 3.63) is 0 Å². The van der Waals surface area contributed by atoms with Crippen molar-refractivity contribution in [1.29, 1.82) is 0 Å². The zero-order valence-corrected chi connectivity index (χ0v) is 10.5. The zero-order valence-electron chi connectivity index (χ0n) is 8.84. The van der Waals surface area contributed by atoms with E-state index in [0.29, 0.717) is 9.59 Å². The summed E-state index contributed by atoms with van der Waals surface area (Å²) in [5.74, 6) is 0. The average molecular weight is 271 g/mol. The number of nitrogens with one attached hydrogen (secondary N) is 1. The van der Waals surface area contributed by atoms with Crippen molar-refractivity contribution in [2.24, 2.45) is 0 Å². The van der Waals surface area contributed by atoms with Gasteiger partial charge in [0.1, 0.15) is 6.54 Å². The molecule has 1 aromatic heterocycles. The number of anilines is 1. The molecule has 8 heteroatoms. The second kappa shape index (κ2) is 5.72. The Hall–Kier alpha value is -0.500. The van der Waals surface area contributed by atoms with Crippen LogP contribution in [-0.2, 0) is 0 Å². The minimum Gasteiger partial charge on any atom is -0.351 e. The van der Waals surface area contributed by atoms with Crippen LogP contribution < -0.4 is 5.32 Å². The molecule has 0 aliphatic heterocycles. The van der Waals surface area contributed by atoms with Crippen LogP contribution >= 0.6 is 23.1 Å². The molecule has 1 unspecified atom stereocenters. The lowest BCUT2D eigenvalue weighted by atomic mass is 10.4. The monoisotopic (exact) mass is 271 g/mol. The molecular formula is C8H12F3N3S2. The molecule has 0 saturated heterocycles. The Labute approximate surface area is 99.8 Å². The van der Waals surface area contributed by atoms with E-state index in [-0.39, 0.29) is 5.13 Å². The van der Waals surface area contributed by atoms with Gasteiger partial charge < -0.3 is 5.32 Å². The van der Waals surface area contributed by atoms with Gasteiger partial charge in [0.05, 0.1) is 0 Å². The van der Waals surface area contributed by atoms with Crippen LogP contribution in [0.25, 0.3) is 0 Å². The molecule has 92 valence electrons. The summed E-state index contributed by atoms with van der Waals surface area (Å²) in [6.07, 6.45) is -3.24. The highest BCUT2D eigenvalue weighted by Crippen LogP contribution is 2.30. The molecule has 0 aliphatic rings. The fraction of sp³-hybridized carbons (Fsp3) is 0.750. The van der Waals surface area contributed by atoms with Crippen LogP contribution in [0.4, 0.5) is 18.3 Å². The van der Waals surface area contributed by atoms with Crippen molar-refractivity contribution < 1.29 is 13.2 Å². The van der Waals surface area contributed by atoms with Crippen LogP contribution in [0.3, 0.4) is 0 Å². The second-order valence-corrected chi connectivity index (χ2v) is 5.84. The van der Waals surface area contributed by atoms with Crippen molar-refractivity contribution in [3.63, 3.8) is 0 Å². The van der Waals surface area contributed by atoms with E-state index in [1.54, 1.807) is 0 Å². The summed E-state index contributed by atoms with van der Waals surface area (Å²) in [5.41, 5.74) is 0. The largest absolute Gasteiger partial charge is 0.405 e. The van der Waals surface area contributed by atoms with E-state index in [9.17, 15) is 13.2 Å². The summed E-state index contributed by atoms with van der Waals surface area (Å²) in [4.78, 5) is 0. The van der Waals surface area contributed by atoms with E-state index in [2.05, 4.69) is 15.5 Å². The highest BCUT2D eigenvalue weighted by Gasteiger charge is 2.27. The molecule has 16 heavy (non-hydrogen) atoms. The third-order valence-electron chi connectivity index (χ3n) is 1.72. The van der Waals surface area contributed by atoms with Gasteiger partial charge in [0.2, 0.25) is 5.13 Å². The number of hydrogen-bond donors (Lipinski definition) is 1. The Balaban J connectivity index is 2.45. The molecule has 0 bridgehead atoms. The Morgan fingerprint density at radius 3 is 2.69 bits per heavy atom. The smallest absolute Gasteiger partial charge is 0.351 e. The first-order chi connectivity index (χ1) is 7.40. The van der Waals surface area contributed by atoms with E-state index in [1.165, 1.54) is 11.8 Å². The van der Waals surface area contributed by atoms with Crippen LogP contribution in [-0.4, -0.2) is 28.2 Å². The minimum atomic E-state index is -4.23. The summed E-state index contributed by atoms with van der Waals surface area (Å²) in [5, 5.41) is 10.3. The molecule has 0 saturated carbocycles.